The first-order valence-electron chi connectivity index (χ1n) is 30.6. The standard InChI is InChI=1S/C71H110O6/c1-4-7-10-13-16-19-22-25-28-30-32-34-35-37-38-40-43-46-49-52-55-58-61-64-70(73)76-67-68(66-75-69(72)63-60-57-54-51-48-45-42-27-24-21-18-15-12-9-6-3)77-71(74)65-62-59-56-53-50-47-44-41-39-36-33-31-29-26-23-20-17-14-11-8-5-2/h7-12,16-21,25-29,32-34,36,41-42,44,48,51,57,60,68H,4-6,13-15,22-24,30-31,35,37-40,43,45-47,49-50,52-56,58-59,61-67H2,1-3H3/b10-7-,11-8-,12-9-,19-16-,20-17-,21-18-,28-25-,29-26-,34-32-,36-33-,42-27-,44-41-,51-48-,60-57-. The van der Waals surface area contributed by atoms with E-state index in [0.29, 0.717) is 6.42 Å². The third-order valence-electron chi connectivity index (χ3n) is 12.2. The van der Waals surface area contributed by atoms with Crippen molar-refractivity contribution in [3.8, 4) is 0 Å². The summed E-state index contributed by atoms with van der Waals surface area (Å²) in [6, 6.07) is 0. The lowest BCUT2D eigenvalue weighted by Crippen LogP contribution is -2.30. The topological polar surface area (TPSA) is 78.9 Å². The largest absolute Gasteiger partial charge is 0.462 e. The van der Waals surface area contributed by atoms with Gasteiger partial charge in [-0.1, -0.05) is 262 Å². The summed E-state index contributed by atoms with van der Waals surface area (Å²) in [5.74, 6) is -1.09. The maximum absolute atomic E-state index is 12.9. The molecule has 0 fully saturated rings. The van der Waals surface area contributed by atoms with Crippen LogP contribution in [0.1, 0.15) is 239 Å². The lowest BCUT2D eigenvalue weighted by molar-refractivity contribution is -0.166. The molecule has 1 atom stereocenters. The molecule has 0 saturated carbocycles. The van der Waals surface area contributed by atoms with E-state index in [1.807, 2.05) is 6.08 Å². The number of rotatable bonds is 53. The van der Waals surface area contributed by atoms with Crippen LogP contribution in [0.25, 0.3) is 0 Å². The number of hydrogen-bond donors (Lipinski definition) is 0. The van der Waals surface area contributed by atoms with Gasteiger partial charge in [0.2, 0.25) is 0 Å². The van der Waals surface area contributed by atoms with E-state index in [0.717, 1.165) is 148 Å². The Morgan fingerprint density at radius 3 is 0.844 bits per heavy atom. The molecular formula is C71H110O6. The summed E-state index contributed by atoms with van der Waals surface area (Å²) in [5.41, 5.74) is 0. The van der Waals surface area contributed by atoms with Gasteiger partial charge in [0, 0.05) is 12.8 Å². The summed E-state index contributed by atoms with van der Waals surface area (Å²) in [5, 5.41) is 0. The number of esters is 3. The zero-order valence-corrected chi connectivity index (χ0v) is 49.1. The number of allylic oxidation sites excluding steroid dienone is 27. The van der Waals surface area contributed by atoms with Crippen molar-refractivity contribution in [1.29, 1.82) is 0 Å². The minimum Gasteiger partial charge on any atom is -0.462 e. The van der Waals surface area contributed by atoms with E-state index in [-0.39, 0.29) is 38.0 Å². The van der Waals surface area contributed by atoms with Crippen LogP contribution in [0.2, 0.25) is 0 Å². The summed E-state index contributed by atoms with van der Waals surface area (Å²) in [7, 11) is 0. The Hall–Kier alpha value is -5.23. The molecule has 0 aromatic heterocycles. The van der Waals surface area contributed by atoms with Gasteiger partial charge in [-0.2, -0.15) is 0 Å². The fraction of sp³-hybridized carbons (Fsp3) is 0.563. The highest BCUT2D eigenvalue weighted by atomic mass is 16.6. The number of carbonyl (C=O) groups is 3. The van der Waals surface area contributed by atoms with Gasteiger partial charge in [-0.05, 0) is 128 Å². The Labute approximate surface area is 472 Å². The molecule has 6 nitrogen and oxygen atoms in total. The normalized spacial score (nSPS) is 13.3. The van der Waals surface area contributed by atoms with Gasteiger partial charge in [0.25, 0.3) is 0 Å². The molecule has 0 aromatic rings. The second-order valence-electron chi connectivity index (χ2n) is 19.5. The zero-order valence-electron chi connectivity index (χ0n) is 49.1. The molecular weight excluding hydrogens is 949 g/mol. The molecule has 0 saturated heterocycles. The summed E-state index contributed by atoms with van der Waals surface area (Å²) in [6.07, 6.45) is 93.7. The van der Waals surface area contributed by atoms with Crippen LogP contribution in [-0.4, -0.2) is 37.2 Å². The van der Waals surface area contributed by atoms with Crippen molar-refractivity contribution in [3.05, 3.63) is 170 Å². The molecule has 0 aliphatic rings. The highest BCUT2D eigenvalue weighted by Crippen LogP contribution is 2.14. The van der Waals surface area contributed by atoms with E-state index >= 15 is 0 Å². The maximum Gasteiger partial charge on any atom is 0.309 e. The molecule has 0 heterocycles. The van der Waals surface area contributed by atoms with E-state index in [1.54, 1.807) is 6.08 Å². The van der Waals surface area contributed by atoms with Crippen molar-refractivity contribution in [2.24, 2.45) is 0 Å². The van der Waals surface area contributed by atoms with Crippen LogP contribution in [0.5, 0.6) is 0 Å². The number of ether oxygens (including phenoxy) is 3. The first-order chi connectivity index (χ1) is 38.0. The van der Waals surface area contributed by atoms with E-state index in [1.165, 1.54) is 51.4 Å². The maximum atomic E-state index is 12.9. The third kappa shape index (κ3) is 61.5. The second kappa shape index (κ2) is 63.3. The lowest BCUT2D eigenvalue weighted by atomic mass is 10.1. The summed E-state index contributed by atoms with van der Waals surface area (Å²) < 4.78 is 16.8. The molecule has 0 N–H and O–H groups in total. The van der Waals surface area contributed by atoms with Crippen LogP contribution in [-0.2, 0) is 28.6 Å². The molecule has 0 aliphatic heterocycles. The van der Waals surface area contributed by atoms with Gasteiger partial charge in [-0.25, -0.2) is 0 Å². The fourth-order valence-electron chi connectivity index (χ4n) is 7.77. The van der Waals surface area contributed by atoms with Crippen LogP contribution >= 0.6 is 0 Å². The molecule has 0 radical (unpaired) electrons. The molecule has 0 aromatic carbocycles. The fourth-order valence-corrected chi connectivity index (χ4v) is 7.77. The number of hydrogen-bond acceptors (Lipinski definition) is 6. The van der Waals surface area contributed by atoms with Crippen molar-refractivity contribution in [3.63, 3.8) is 0 Å². The van der Waals surface area contributed by atoms with Gasteiger partial charge < -0.3 is 14.2 Å². The average Bonchev–Trinajstić information content (AvgIpc) is 3.43. The average molecular weight is 1060 g/mol. The van der Waals surface area contributed by atoms with E-state index in [2.05, 4.69) is 179 Å². The smallest absolute Gasteiger partial charge is 0.309 e. The van der Waals surface area contributed by atoms with Gasteiger partial charge in [0.1, 0.15) is 13.2 Å². The monoisotopic (exact) mass is 1060 g/mol. The molecule has 430 valence electrons. The third-order valence-corrected chi connectivity index (χ3v) is 12.2. The molecule has 0 amide bonds. The Bertz CT molecular complexity index is 1790. The van der Waals surface area contributed by atoms with Gasteiger partial charge in [0.05, 0.1) is 6.42 Å². The van der Waals surface area contributed by atoms with Crippen LogP contribution in [0.3, 0.4) is 0 Å². The first-order valence-corrected chi connectivity index (χ1v) is 30.6. The van der Waals surface area contributed by atoms with E-state index in [4.69, 9.17) is 14.2 Å². The Kier molecular flexibility index (Phi) is 59.0. The quantitative estimate of drug-likeness (QED) is 0.0261. The van der Waals surface area contributed by atoms with Gasteiger partial charge in [-0.15, -0.1) is 0 Å². The Balaban J connectivity index is 4.52. The molecule has 0 aliphatic carbocycles. The molecule has 0 spiro atoms. The van der Waals surface area contributed by atoms with Crippen LogP contribution in [0.15, 0.2) is 170 Å². The van der Waals surface area contributed by atoms with Crippen molar-refractivity contribution in [2.45, 2.75) is 245 Å². The van der Waals surface area contributed by atoms with Gasteiger partial charge >= 0.3 is 17.9 Å². The Morgan fingerprint density at radius 1 is 0.273 bits per heavy atom. The lowest BCUT2D eigenvalue weighted by Gasteiger charge is -2.18. The summed E-state index contributed by atoms with van der Waals surface area (Å²) in [6.45, 7) is 6.18. The van der Waals surface area contributed by atoms with Crippen LogP contribution in [0.4, 0.5) is 0 Å². The molecule has 6 heteroatoms. The molecule has 0 bridgehead atoms. The van der Waals surface area contributed by atoms with Crippen LogP contribution < -0.4 is 0 Å². The second-order valence-corrected chi connectivity index (χ2v) is 19.5. The van der Waals surface area contributed by atoms with E-state index < -0.39 is 12.1 Å². The van der Waals surface area contributed by atoms with E-state index in [9.17, 15) is 14.4 Å². The Morgan fingerprint density at radius 2 is 0.519 bits per heavy atom. The molecule has 1 unspecified atom stereocenters. The SMILES string of the molecule is CC/C=C\C/C=C\C/C=C\C/C=C\C/C=C\CCCCCCCC(=O)OC(COC(=O)C/C=C\C/C=C\C/C=C\C/C=C\C/C=C\CC)COC(=O)CCCCCCCCCCCC/C=C\C/C=C\C/C=C\C/C=C\CC. The number of unbranched alkanes of at least 4 members (excludes halogenated alkanes) is 15. The minimum atomic E-state index is -0.841. The summed E-state index contributed by atoms with van der Waals surface area (Å²) in [4.78, 5) is 38.2. The minimum absolute atomic E-state index is 0.113. The predicted molar refractivity (Wildman–Crippen MR) is 334 cm³/mol. The molecule has 77 heavy (non-hydrogen) atoms. The van der Waals surface area contributed by atoms with Crippen molar-refractivity contribution in [2.75, 3.05) is 13.2 Å². The summed E-state index contributed by atoms with van der Waals surface area (Å²) >= 11 is 0. The predicted octanol–water partition coefficient (Wildman–Crippen LogP) is 21.1. The van der Waals surface area contributed by atoms with Crippen LogP contribution in [0, 0.1) is 0 Å². The van der Waals surface area contributed by atoms with Crippen molar-refractivity contribution >= 4 is 17.9 Å². The first kappa shape index (κ1) is 71.8. The zero-order chi connectivity index (χ0) is 55.7. The number of carbonyl (C=O) groups excluding carboxylic acids is 3. The van der Waals surface area contributed by atoms with Gasteiger partial charge in [-0.3, -0.25) is 14.4 Å². The van der Waals surface area contributed by atoms with Crippen molar-refractivity contribution in [1.82, 2.24) is 0 Å². The van der Waals surface area contributed by atoms with Crippen molar-refractivity contribution < 1.29 is 28.6 Å². The highest BCUT2D eigenvalue weighted by Gasteiger charge is 2.19. The highest BCUT2D eigenvalue weighted by molar-refractivity contribution is 5.72. The van der Waals surface area contributed by atoms with Gasteiger partial charge in [0.15, 0.2) is 6.10 Å². The molecule has 0 rings (SSSR count).